The molecule has 0 unspecified atom stereocenters. The Labute approximate surface area is 195 Å². The van der Waals surface area contributed by atoms with Crippen LogP contribution >= 0.6 is 0 Å². The number of pyridine rings is 1. The van der Waals surface area contributed by atoms with E-state index in [1.54, 1.807) is 6.07 Å². The van der Waals surface area contributed by atoms with Gasteiger partial charge in [-0.15, -0.1) is 0 Å². The van der Waals surface area contributed by atoms with E-state index in [0.717, 1.165) is 30.4 Å². The fourth-order valence-corrected chi connectivity index (χ4v) is 3.41. The normalized spacial score (nSPS) is 13.7. The van der Waals surface area contributed by atoms with Crippen LogP contribution in [0.1, 0.15) is 42.1 Å². The van der Waals surface area contributed by atoms with E-state index in [4.69, 9.17) is 18.9 Å². The van der Waals surface area contributed by atoms with Crippen LogP contribution in [0.3, 0.4) is 0 Å². The minimum absolute atomic E-state index is 0.265. The van der Waals surface area contributed by atoms with Crippen molar-refractivity contribution in [2.75, 3.05) is 19.8 Å². The second kappa shape index (κ2) is 12.1. The molecular weight excluding hydrogens is 414 g/mol. The van der Waals surface area contributed by atoms with Crippen molar-refractivity contribution in [2.45, 2.75) is 39.1 Å². The second-order valence-corrected chi connectivity index (χ2v) is 7.83. The highest BCUT2D eigenvalue weighted by Gasteiger charge is 2.15. The Bertz CT molecular complexity index is 1060. The maximum absolute atomic E-state index is 6.01. The lowest BCUT2D eigenvalue weighted by molar-refractivity contribution is -0.191. The van der Waals surface area contributed by atoms with Gasteiger partial charge in [-0.2, -0.15) is 0 Å². The molecule has 1 fully saturated rings. The standard InChI is InChI=1S/C28H29NO4/c1-2-7-22-10-12-23(13-11-22)14-15-25-18-26(32-20-24-8-4-3-5-9-24)19-27(29-25)33-21-28-30-16-6-17-31-28/h3-5,8-13,18-19,28H,2,6-7,16-17,20-21H2,1H3. The molecule has 0 radical (unpaired) electrons. The molecule has 0 amide bonds. The predicted octanol–water partition coefficient (Wildman–Crippen LogP) is 5.15. The first-order valence-corrected chi connectivity index (χ1v) is 11.4. The highest BCUT2D eigenvalue weighted by Crippen LogP contribution is 2.21. The van der Waals surface area contributed by atoms with Crippen LogP contribution in [0, 0.1) is 11.8 Å². The van der Waals surface area contributed by atoms with Gasteiger partial charge in [0.1, 0.15) is 24.7 Å². The number of nitrogens with zero attached hydrogens (tertiary/aromatic N) is 1. The van der Waals surface area contributed by atoms with Gasteiger partial charge in [0, 0.05) is 17.7 Å². The summed E-state index contributed by atoms with van der Waals surface area (Å²) in [6, 6.07) is 22.0. The summed E-state index contributed by atoms with van der Waals surface area (Å²) < 4.78 is 23.0. The van der Waals surface area contributed by atoms with E-state index in [-0.39, 0.29) is 12.9 Å². The van der Waals surface area contributed by atoms with Crippen molar-refractivity contribution >= 4 is 0 Å². The monoisotopic (exact) mass is 443 g/mol. The van der Waals surface area contributed by atoms with Gasteiger partial charge in [-0.1, -0.05) is 61.7 Å². The van der Waals surface area contributed by atoms with Gasteiger partial charge >= 0.3 is 0 Å². The fraction of sp³-hybridized carbons (Fsp3) is 0.321. The van der Waals surface area contributed by atoms with E-state index < -0.39 is 0 Å². The zero-order chi connectivity index (χ0) is 22.7. The van der Waals surface area contributed by atoms with Crippen molar-refractivity contribution in [3.8, 4) is 23.5 Å². The molecule has 0 aliphatic carbocycles. The molecule has 0 atom stereocenters. The lowest BCUT2D eigenvalue weighted by Gasteiger charge is -2.23. The SMILES string of the molecule is CCCc1ccc(C#Cc2cc(OCc3ccccc3)cc(OCC3OCCCO3)n2)cc1. The van der Waals surface area contributed by atoms with Gasteiger partial charge < -0.3 is 18.9 Å². The average Bonchev–Trinajstić information content (AvgIpc) is 2.87. The highest BCUT2D eigenvalue weighted by molar-refractivity contribution is 5.44. The fourth-order valence-electron chi connectivity index (χ4n) is 3.41. The summed E-state index contributed by atoms with van der Waals surface area (Å²) in [4.78, 5) is 4.55. The number of aryl methyl sites for hydroxylation is 1. The van der Waals surface area contributed by atoms with Crippen molar-refractivity contribution in [2.24, 2.45) is 0 Å². The number of benzene rings is 2. The Morgan fingerprint density at radius 2 is 1.70 bits per heavy atom. The molecule has 5 nitrogen and oxygen atoms in total. The van der Waals surface area contributed by atoms with Gasteiger partial charge in [0.05, 0.1) is 13.2 Å². The molecule has 0 N–H and O–H groups in total. The molecule has 0 spiro atoms. The Kier molecular flexibility index (Phi) is 8.35. The van der Waals surface area contributed by atoms with Crippen LogP contribution in [0.2, 0.25) is 0 Å². The van der Waals surface area contributed by atoms with Crippen LogP contribution in [0.25, 0.3) is 0 Å². The number of ether oxygens (including phenoxy) is 4. The Hall–Kier alpha value is -3.33. The first kappa shape index (κ1) is 22.8. The maximum Gasteiger partial charge on any atom is 0.218 e. The van der Waals surface area contributed by atoms with E-state index in [9.17, 15) is 0 Å². The summed E-state index contributed by atoms with van der Waals surface area (Å²) in [7, 11) is 0. The van der Waals surface area contributed by atoms with Gasteiger partial charge in [-0.25, -0.2) is 4.98 Å². The van der Waals surface area contributed by atoms with Gasteiger partial charge in [0.25, 0.3) is 0 Å². The molecule has 1 aromatic heterocycles. The van der Waals surface area contributed by atoms with Gasteiger partial charge in [-0.05, 0) is 42.0 Å². The van der Waals surface area contributed by atoms with Crippen LogP contribution < -0.4 is 9.47 Å². The molecular formula is C28H29NO4. The van der Waals surface area contributed by atoms with Crippen LogP contribution in [0.15, 0.2) is 66.7 Å². The quantitative estimate of drug-likeness (QED) is 0.451. The first-order chi connectivity index (χ1) is 16.3. The van der Waals surface area contributed by atoms with Crippen LogP contribution in [0.4, 0.5) is 0 Å². The predicted molar refractivity (Wildman–Crippen MR) is 127 cm³/mol. The molecule has 4 rings (SSSR count). The van der Waals surface area contributed by atoms with Gasteiger partial charge in [0.2, 0.25) is 5.88 Å². The smallest absolute Gasteiger partial charge is 0.218 e. The number of rotatable bonds is 8. The zero-order valence-electron chi connectivity index (χ0n) is 19.0. The van der Waals surface area contributed by atoms with Gasteiger partial charge in [0.15, 0.2) is 6.29 Å². The van der Waals surface area contributed by atoms with E-state index in [1.807, 2.05) is 48.5 Å². The molecule has 2 aromatic carbocycles. The minimum atomic E-state index is -0.384. The molecule has 3 aromatic rings. The third-order valence-corrected chi connectivity index (χ3v) is 5.11. The molecule has 2 heterocycles. The lowest BCUT2D eigenvalue weighted by Crippen LogP contribution is -2.30. The molecule has 1 aliphatic heterocycles. The largest absolute Gasteiger partial charge is 0.489 e. The minimum Gasteiger partial charge on any atom is -0.489 e. The van der Waals surface area contributed by atoms with Gasteiger partial charge in [-0.3, -0.25) is 0 Å². The van der Waals surface area contributed by atoms with E-state index in [2.05, 4.69) is 35.9 Å². The van der Waals surface area contributed by atoms with Crippen molar-refractivity contribution in [1.29, 1.82) is 0 Å². The van der Waals surface area contributed by atoms with Crippen molar-refractivity contribution in [1.82, 2.24) is 4.98 Å². The summed E-state index contributed by atoms with van der Waals surface area (Å²) in [5.41, 5.74) is 3.93. The molecule has 0 saturated carbocycles. The third kappa shape index (κ3) is 7.35. The second-order valence-electron chi connectivity index (χ2n) is 7.83. The van der Waals surface area contributed by atoms with Crippen molar-refractivity contribution in [3.05, 3.63) is 89.1 Å². The molecule has 1 saturated heterocycles. The number of hydrogen-bond acceptors (Lipinski definition) is 5. The van der Waals surface area contributed by atoms with E-state index in [1.165, 1.54) is 5.56 Å². The van der Waals surface area contributed by atoms with Crippen molar-refractivity contribution < 1.29 is 18.9 Å². The molecule has 170 valence electrons. The van der Waals surface area contributed by atoms with Crippen LogP contribution in [-0.2, 0) is 22.5 Å². The van der Waals surface area contributed by atoms with E-state index in [0.29, 0.717) is 37.1 Å². The summed E-state index contributed by atoms with van der Waals surface area (Å²) in [5.74, 6) is 7.42. The highest BCUT2D eigenvalue weighted by atomic mass is 16.7. The summed E-state index contributed by atoms with van der Waals surface area (Å²) >= 11 is 0. The average molecular weight is 444 g/mol. The van der Waals surface area contributed by atoms with Crippen molar-refractivity contribution in [3.63, 3.8) is 0 Å². The van der Waals surface area contributed by atoms with Crippen LogP contribution in [-0.4, -0.2) is 31.1 Å². The number of aromatic nitrogens is 1. The maximum atomic E-state index is 6.01. The first-order valence-electron chi connectivity index (χ1n) is 11.4. The molecule has 33 heavy (non-hydrogen) atoms. The zero-order valence-corrected chi connectivity index (χ0v) is 19.0. The Morgan fingerprint density at radius 1 is 0.909 bits per heavy atom. The lowest BCUT2D eigenvalue weighted by atomic mass is 10.1. The third-order valence-electron chi connectivity index (χ3n) is 5.11. The Morgan fingerprint density at radius 3 is 2.45 bits per heavy atom. The summed E-state index contributed by atoms with van der Waals surface area (Å²) in [6.45, 7) is 4.25. The van der Waals surface area contributed by atoms with E-state index >= 15 is 0 Å². The van der Waals surface area contributed by atoms with Crippen LogP contribution in [0.5, 0.6) is 11.6 Å². The molecule has 1 aliphatic rings. The molecule has 5 heteroatoms. The number of hydrogen-bond donors (Lipinski definition) is 0. The molecule has 0 bridgehead atoms. The summed E-state index contributed by atoms with van der Waals surface area (Å²) in [5, 5.41) is 0. The Balaban J connectivity index is 1.50. The topological polar surface area (TPSA) is 49.8 Å². The summed E-state index contributed by atoms with van der Waals surface area (Å²) in [6.07, 6.45) is 2.72.